The number of halogens is 1. The lowest BCUT2D eigenvalue weighted by atomic mass is 10.0. The molecule has 0 spiro atoms. The fourth-order valence-electron chi connectivity index (χ4n) is 1.99. The lowest BCUT2D eigenvalue weighted by molar-refractivity contribution is 0.560. The molecule has 1 aromatic carbocycles. The van der Waals surface area contributed by atoms with Crippen LogP contribution in [-0.4, -0.2) is 6.04 Å². The van der Waals surface area contributed by atoms with Gasteiger partial charge in [0.2, 0.25) is 0 Å². The molecule has 1 aromatic rings. The van der Waals surface area contributed by atoms with Crippen LogP contribution >= 0.6 is 15.9 Å². The highest BCUT2D eigenvalue weighted by molar-refractivity contribution is 9.10. The average molecular weight is 254 g/mol. The van der Waals surface area contributed by atoms with E-state index >= 15 is 0 Å². The van der Waals surface area contributed by atoms with Crippen molar-refractivity contribution in [3.8, 4) is 0 Å². The molecule has 2 heteroatoms. The summed E-state index contributed by atoms with van der Waals surface area (Å²) in [6.07, 6.45) is 2.33. The molecule has 1 fully saturated rings. The lowest BCUT2D eigenvalue weighted by Gasteiger charge is -2.10. The van der Waals surface area contributed by atoms with Crippen LogP contribution in [0.15, 0.2) is 28.7 Å². The van der Waals surface area contributed by atoms with E-state index in [2.05, 4.69) is 47.1 Å². The topological polar surface area (TPSA) is 26.0 Å². The molecule has 1 saturated carbocycles. The second-order valence-corrected chi connectivity index (χ2v) is 5.29. The molecule has 1 nitrogen and oxygen atoms in total. The number of hydrogen-bond donors (Lipinski definition) is 1. The normalized spacial score (nSPS) is 27.4. The molecular formula is C12H16BrN. The average Bonchev–Trinajstić information content (AvgIpc) is 2.87. The Kier molecular flexibility index (Phi) is 2.93. The maximum Gasteiger partial charge on any atom is 0.0175 e. The Morgan fingerprint density at radius 1 is 1.43 bits per heavy atom. The van der Waals surface area contributed by atoms with Crippen molar-refractivity contribution in [2.75, 3.05) is 0 Å². The first-order valence-electron chi connectivity index (χ1n) is 5.17. The van der Waals surface area contributed by atoms with Gasteiger partial charge in [-0.25, -0.2) is 0 Å². The van der Waals surface area contributed by atoms with Crippen LogP contribution in [0.3, 0.4) is 0 Å². The quantitative estimate of drug-likeness (QED) is 0.881. The van der Waals surface area contributed by atoms with Crippen molar-refractivity contribution in [3.05, 3.63) is 34.3 Å². The highest BCUT2D eigenvalue weighted by Crippen LogP contribution is 2.40. The molecule has 2 N–H and O–H groups in total. The molecule has 3 atom stereocenters. The number of hydrogen-bond acceptors (Lipinski definition) is 1. The zero-order valence-electron chi connectivity index (χ0n) is 8.41. The fourth-order valence-corrected chi connectivity index (χ4v) is 2.26. The van der Waals surface area contributed by atoms with Gasteiger partial charge in [-0.05, 0) is 42.4 Å². The summed E-state index contributed by atoms with van der Waals surface area (Å²) in [4.78, 5) is 0. The van der Waals surface area contributed by atoms with Crippen LogP contribution in [0, 0.1) is 11.8 Å². The van der Waals surface area contributed by atoms with E-state index in [0.29, 0.717) is 6.04 Å². The predicted molar refractivity (Wildman–Crippen MR) is 63.1 cm³/mol. The zero-order valence-corrected chi connectivity index (χ0v) is 10.00. The van der Waals surface area contributed by atoms with Gasteiger partial charge in [0.05, 0.1) is 0 Å². The van der Waals surface area contributed by atoms with Crippen LogP contribution in [0.2, 0.25) is 0 Å². The lowest BCUT2D eigenvalue weighted by Crippen LogP contribution is -2.25. The van der Waals surface area contributed by atoms with Crippen molar-refractivity contribution in [2.24, 2.45) is 17.6 Å². The minimum Gasteiger partial charge on any atom is -0.327 e. The maximum atomic E-state index is 6.13. The van der Waals surface area contributed by atoms with Gasteiger partial charge in [0.25, 0.3) is 0 Å². The summed E-state index contributed by atoms with van der Waals surface area (Å²) in [7, 11) is 0. The van der Waals surface area contributed by atoms with Gasteiger partial charge in [0, 0.05) is 10.5 Å². The van der Waals surface area contributed by atoms with E-state index < -0.39 is 0 Å². The van der Waals surface area contributed by atoms with Crippen LogP contribution in [0.25, 0.3) is 0 Å². The molecule has 76 valence electrons. The highest BCUT2D eigenvalue weighted by Gasteiger charge is 2.37. The standard InChI is InChI=1S/C12H16BrN/c1-8-6-11(8)12(14)7-9-2-4-10(13)5-3-9/h2-5,8,11-12H,6-7,14H2,1H3. The monoisotopic (exact) mass is 253 g/mol. The maximum absolute atomic E-state index is 6.13. The Morgan fingerprint density at radius 3 is 2.50 bits per heavy atom. The van der Waals surface area contributed by atoms with Gasteiger partial charge in [-0.3, -0.25) is 0 Å². The van der Waals surface area contributed by atoms with Crippen molar-refractivity contribution < 1.29 is 0 Å². The Balaban J connectivity index is 1.93. The van der Waals surface area contributed by atoms with Gasteiger partial charge >= 0.3 is 0 Å². The second kappa shape index (κ2) is 4.03. The molecule has 2 rings (SSSR count). The summed E-state index contributed by atoms with van der Waals surface area (Å²) in [6, 6.07) is 8.82. The molecule has 0 heterocycles. The van der Waals surface area contributed by atoms with Gasteiger partial charge in [0.1, 0.15) is 0 Å². The van der Waals surface area contributed by atoms with Crippen molar-refractivity contribution in [1.82, 2.24) is 0 Å². The predicted octanol–water partition coefficient (Wildman–Crippen LogP) is 2.97. The van der Waals surface area contributed by atoms with E-state index in [-0.39, 0.29) is 0 Å². The Labute approximate surface area is 93.8 Å². The van der Waals surface area contributed by atoms with Gasteiger partial charge in [-0.2, -0.15) is 0 Å². The molecule has 0 aromatic heterocycles. The van der Waals surface area contributed by atoms with Gasteiger partial charge in [-0.1, -0.05) is 35.0 Å². The third-order valence-corrected chi connectivity index (χ3v) is 3.63. The molecule has 1 aliphatic rings. The first kappa shape index (κ1) is 10.2. The molecule has 0 bridgehead atoms. The van der Waals surface area contributed by atoms with Crippen molar-refractivity contribution in [2.45, 2.75) is 25.8 Å². The smallest absolute Gasteiger partial charge is 0.0175 e. The van der Waals surface area contributed by atoms with E-state index in [9.17, 15) is 0 Å². The molecule has 0 radical (unpaired) electrons. The third-order valence-electron chi connectivity index (χ3n) is 3.11. The van der Waals surface area contributed by atoms with E-state index in [1.165, 1.54) is 12.0 Å². The molecule has 1 aliphatic carbocycles. The zero-order chi connectivity index (χ0) is 10.1. The van der Waals surface area contributed by atoms with Gasteiger partial charge in [0.15, 0.2) is 0 Å². The fraction of sp³-hybridized carbons (Fsp3) is 0.500. The number of nitrogens with two attached hydrogens (primary N) is 1. The molecule has 0 saturated heterocycles. The summed E-state index contributed by atoms with van der Waals surface area (Å²) >= 11 is 3.43. The Bertz CT molecular complexity index is 307. The largest absolute Gasteiger partial charge is 0.327 e. The van der Waals surface area contributed by atoms with Gasteiger partial charge < -0.3 is 5.73 Å². The molecule has 14 heavy (non-hydrogen) atoms. The van der Waals surface area contributed by atoms with Gasteiger partial charge in [-0.15, -0.1) is 0 Å². The van der Waals surface area contributed by atoms with E-state index in [0.717, 1.165) is 22.7 Å². The Morgan fingerprint density at radius 2 is 2.00 bits per heavy atom. The first-order valence-corrected chi connectivity index (χ1v) is 5.96. The SMILES string of the molecule is CC1CC1C(N)Cc1ccc(Br)cc1. The minimum atomic E-state index is 0.353. The minimum absolute atomic E-state index is 0.353. The number of benzene rings is 1. The summed E-state index contributed by atoms with van der Waals surface area (Å²) in [6.45, 7) is 2.28. The summed E-state index contributed by atoms with van der Waals surface area (Å²) in [5.41, 5.74) is 7.47. The van der Waals surface area contributed by atoms with E-state index in [4.69, 9.17) is 5.73 Å². The molecule has 0 aliphatic heterocycles. The van der Waals surface area contributed by atoms with Crippen LogP contribution in [0.4, 0.5) is 0 Å². The number of rotatable bonds is 3. The molecule has 0 amide bonds. The third kappa shape index (κ3) is 2.37. The summed E-state index contributed by atoms with van der Waals surface area (Å²) in [5.74, 6) is 1.61. The van der Waals surface area contributed by atoms with E-state index in [1.54, 1.807) is 0 Å². The van der Waals surface area contributed by atoms with Crippen LogP contribution in [0.1, 0.15) is 18.9 Å². The van der Waals surface area contributed by atoms with Crippen LogP contribution < -0.4 is 5.73 Å². The highest BCUT2D eigenvalue weighted by atomic mass is 79.9. The van der Waals surface area contributed by atoms with Crippen LogP contribution in [0.5, 0.6) is 0 Å². The molecule has 3 unspecified atom stereocenters. The van der Waals surface area contributed by atoms with Crippen LogP contribution in [-0.2, 0) is 6.42 Å². The first-order chi connectivity index (χ1) is 6.66. The van der Waals surface area contributed by atoms with Crippen molar-refractivity contribution in [1.29, 1.82) is 0 Å². The summed E-state index contributed by atoms with van der Waals surface area (Å²) < 4.78 is 1.13. The Hall–Kier alpha value is -0.340. The molecular weight excluding hydrogens is 238 g/mol. The van der Waals surface area contributed by atoms with Crippen molar-refractivity contribution >= 4 is 15.9 Å². The van der Waals surface area contributed by atoms with E-state index in [1.807, 2.05) is 0 Å². The second-order valence-electron chi connectivity index (χ2n) is 4.37. The van der Waals surface area contributed by atoms with Crippen molar-refractivity contribution in [3.63, 3.8) is 0 Å². The summed E-state index contributed by atoms with van der Waals surface area (Å²) in [5, 5.41) is 0.